The summed E-state index contributed by atoms with van der Waals surface area (Å²) in [5.74, 6) is 0.542. The molecule has 0 bridgehead atoms. The molecule has 0 aliphatic rings. The molecule has 0 fully saturated rings. The lowest BCUT2D eigenvalue weighted by molar-refractivity contribution is -0.128. The van der Waals surface area contributed by atoms with Gasteiger partial charge in [-0.25, -0.2) is 0 Å². The molecular weight excluding hydrogens is 240 g/mol. The molecule has 0 radical (unpaired) electrons. The average Bonchev–Trinajstić information content (AvgIpc) is 2.29. The number of ether oxygens (including phenoxy) is 1. The van der Waals surface area contributed by atoms with Crippen LogP contribution in [-0.4, -0.2) is 17.6 Å². The van der Waals surface area contributed by atoms with Crippen LogP contribution < -0.4 is 15.8 Å². The van der Waals surface area contributed by atoms with E-state index in [-0.39, 0.29) is 11.4 Å². The Morgan fingerprint density at radius 1 is 1.42 bits per heavy atom. The van der Waals surface area contributed by atoms with E-state index in [1.165, 1.54) is 0 Å². The van der Waals surface area contributed by atoms with Gasteiger partial charge in [-0.2, -0.15) is 0 Å². The number of nitrogens with two attached hydrogens (primary N) is 1. The van der Waals surface area contributed by atoms with Gasteiger partial charge in [0.1, 0.15) is 5.75 Å². The highest BCUT2D eigenvalue weighted by atomic mass is 16.5. The normalized spacial score (nSPS) is 12.9. The number of benzene rings is 1. The van der Waals surface area contributed by atoms with Crippen LogP contribution in [0, 0.1) is 6.92 Å². The Kier molecular flexibility index (Phi) is 4.95. The molecule has 106 valence electrons. The number of nitrogens with one attached hydrogen (secondary N) is 1. The number of carbonyl (C=O) groups excluding carboxylic acids is 1. The van der Waals surface area contributed by atoms with Crippen LogP contribution in [0.3, 0.4) is 0 Å². The van der Waals surface area contributed by atoms with Crippen LogP contribution in [-0.2, 0) is 11.3 Å². The number of hydrogen-bond acceptors (Lipinski definition) is 3. The fourth-order valence-corrected chi connectivity index (χ4v) is 1.70. The molecule has 1 atom stereocenters. The summed E-state index contributed by atoms with van der Waals surface area (Å²) >= 11 is 0. The van der Waals surface area contributed by atoms with Crippen molar-refractivity contribution < 1.29 is 9.53 Å². The minimum atomic E-state index is -0.549. The van der Waals surface area contributed by atoms with Crippen LogP contribution in [0.1, 0.15) is 38.8 Å². The van der Waals surface area contributed by atoms with E-state index >= 15 is 0 Å². The second-order valence-corrected chi connectivity index (χ2v) is 5.81. The summed E-state index contributed by atoms with van der Waals surface area (Å²) in [6, 6.07) is 5.78. The van der Waals surface area contributed by atoms with Gasteiger partial charge in [0.2, 0.25) is 0 Å². The first-order valence-corrected chi connectivity index (χ1v) is 6.51. The summed E-state index contributed by atoms with van der Waals surface area (Å²) in [7, 11) is 0. The topological polar surface area (TPSA) is 64.3 Å². The zero-order valence-electron chi connectivity index (χ0n) is 12.4. The molecule has 1 aromatic carbocycles. The van der Waals surface area contributed by atoms with Crippen molar-refractivity contribution in [2.45, 2.75) is 52.8 Å². The Balaban J connectivity index is 2.76. The van der Waals surface area contributed by atoms with Crippen LogP contribution in [0.15, 0.2) is 18.2 Å². The largest absolute Gasteiger partial charge is 0.481 e. The van der Waals surface area contributed by atoms with Crippen molar-refractivity contribution in [1.82, 2.24) is 5.32 Å². The van der Waals surface area contributed by atoms with E-state index < -0.39 is 6.10 Å². The van der Waals surface area contributed by atoms with Crippen LogP contribution >= 0.6 is 0 Å². The van der Waals surface area contributed by atoms with E-state index in [0.29, 0.717) is 12.3 Å². The number of hydrogen-bond donors (Lipinski definition) is 2. The molecule has 3 N–H and O–H groups in total. The van der Waals surface area contributed by atoms with E-state index in [2.05, 4.69) is 5.32 Å². The van der Waals surface area contributed by atoms with Crippen molar-refractivity contribution in [2.75, 3.05) is 0 Å². The van der Waals surface area contributed by atoms with Crippen LogP contribution in [0.25, 0.3) is 0 Å². The average molecular weight is 264 g/mol. The van der Waals surface area contributed by atoms with Crippen molar-refractivity contribution in [1.29, 1.82) is 0 Å². The zero-order chi connectivity index (χ0) is 14.6. The maximum absolute atomic E-state index is 12.0. The second-order valence-electron chi connectivity index (χ2n) is 5.81. The zero-order valence-corrected chi connectivity index (χ0v) is 12.4. The summed E-state index contributed by atoms with van der Waals surface area (Å²) in [4.78, 5) is 12.0. The first-order chi connectivity index (χ1) is 8.73. The molecule has 1 unspecified atom stereocenters. The molecule has 0 saturated heterocycles. The lowest BCUT2D eigenvalue weighted by atomic mass is 10.1. The minimum absolute atomic E-state index is 0.129. The third-order valence-electron chi connectivity index (χ3n) is 2.61. The summed E-state index contributed by atoms with van der Waals surface area (Å²) < 4.78 is 5.71. The van der Waals surface area contributed by atoms with Crippen molar-refractivity contribution in [3.63, 3.8) is 0 Å². The molecule has 0 heterocycles. The molecule has 1 amide bonds. The molecule has 1 aromatic rings. The van der Waals surface area contributed by atoms with E-state index in [4.69, 9.17) is 10.5 Å². The number of carbonyl (C=O) groups is 1. The van der Waals surface area contributed by atoms with Crippen LogP contribution in [0.4, 0.5) is 0 Å². The van der Waals surface area contributed by atoms with E-state index in [9.17, 15) is 4.79 Å². The fraction of sp³-hybridized carbons (Fsp3) is 0.533. The van der Waals surface area contributed by atoms with Crippen molar-refractivity contribution in [3.05, 3.63) is 29.3 Å². The predicted octanol–water partition coefficient (Wildman–Crippen LogP) is 2.14. The molecule has 0 spiro atoms. The molecule has 0 aromatic heterocycles. The van der Waals surface area contributed by atoms with Gasteiger partial charge in [-0.05, 0) is 40.7 Å². The van der Waals surface area contributed by atoms with Gasteiger partial charge in [-0.1, -0.05) is 17.7 Å². The van der Waals surface area contributed by atoms with Gasteiger partial charge in [0.15, 0.2) is 6.10 Å². The van der Waals surface area contributed by atoms with E-state index in [0.717, 1.165) is 11.1 Å². The van der Waals surface area contributed by atoms with Gasteiger partial charge >= 0.3 is 0 Å². The standard InChI is InChI=1S/C15H24N2O2/c1-10-6-7-13(12(8-10)9-16)19-11(2)14(18)17-15(3,4)5/h6-8,11H,9,16H2,1-5H3,(H,17,18). The Bertz CT molecular complexity index is 450. The molecule has 4 nitrogen and oxygen atoms in total. The third-order valence-corrected chi connectivity index (χ3v) is 2.61. The summed E-state index contributed by atoms with van der Waals surface area (Å²) in [6.07, 6.45) is -0.549. The first kappa shape index (κ1) is 15.5. The van der Waals surface area contributed by atoms with Crippen LogP contribution in [0.2, 0.25) is 0 Å². The molecule has 0 aliphatic heterocycles. The monoisotopic (exact) mass is 264 g/mol. The highest BCUT2D eigenvalue weighted by Gasteiger charge is 2.21. The van der Waals surface area contributed by atoms with Crippen molar-refractivity contribution in [2.24, 2.45) is 5.73 Å². The third kappa shape index (κ3) is 4.91. The molecule has 19 heavy (non-hydrogen) atoms. The summed E-state index contributed by atoms with van der Waals surface area (Å²) in [6.45, 7) is 9.95. The Hall–Kier alpha value is -1.55. The van der Waals surface area contributed by atoms with Crippen molar-refractivity contribution in [3.8, 4) is 5.75 Å². The smallest absolute Gasteiger partial charge is 0.261 e. The summed E-state index contributed by atoms with van der Waals surface area (Å²) in [5, 5.41) is 2.89. The Labute approximate surface area is 115 Å². The molecular formula is C15H24N2O2. The van der Waals surface area contributed by atoms with E-state index in [1.54, 1.807) is 6.92 Å². The highest BCUT2D eigenvalue weighted by molar-refractivity contribution is 5.81. The minimum Gasteiger partial charge on any atom is -0.481 e. The lowest BCUT2D eigenvalue weighted by Gasteiger charge is -2.24. The highest BCUT2D eigenvalue weighted by Crippen LogP contribution is 2.21. The molecule has 1 rings (SSSR count). The molecule has 0 saturated carbocycles. The number of amides is 1. The summed E-state index contributed by atoms with van der Waals surface area (Å²) in [5.41, 5.74) is 7.46. The van der Waals surface area contributed by atoms with E-state index in [1.807, 2.05) is 45.9 Å². The fourth-order valence-electron chi connectivity index (χ4n) is 1.70. The maximum Gasteiger partial charge on any atom is 0.261 e. The van der Waals surface area contributed by atoms with Gasteiger partial charge in [0.25, 0.3) is 5.91 Å². The number of aryl methyl sites for hydroxylation is 1. The lowest BCUT2D eigenvalue weighted by Crippen LogP contribution is -2.46. The molecule has 4 heteroatoms. The Morgan fingerprint density at radius 3 is 2.58 bits per heavy atom. The second kappa shape index (κ2) is 6.06. The first-order valence-electron chi connectivity index (χ1n) is 6.51. The van der Waals surface area contributed by atoms with Crippen LogP contribution in [0.5, 0.6) is 5.75 Å². The van der Waals surface area contributed by atoms with Gasteiger partial charge in [0.05, 0.1) is 0 Å². The SMILES string of the molecule is Cc1ccc(OC(C)C(=O)NC(C)(C)C)c(CN)c1. The quantitative estimate of drug-likeness (QED) is 0.875. The Morgan fingerprint density at radius 2 is 2.05 bits per heavy atom. The van der Waals surface area contributed by atoms with Crippen molar-refractivity contribution >= 4 is 5.91 Å². The van der Waals surface area contributed by atoms with Gasteiger partial charge in [0, 0.05) is 17.6 Å². The molecule has 0 aliphatic carbocycles. The maximum atomic E-state index is 12.0. The predicted molar refractivity (Wildman–Crippen MR) is 77.1 cm³/mol. The van der Waals surface area contributed by atoms with Gasteiger partial charge in [-0.3, -0.25) is 4.79 Å². The number of rotatable bonds is 4. The van der Waals surface area contributed by atoms with Gasteiger partial charge < -0.3 is 15.8 Å². The van der Waals surface area contributed by atoms with Gasteiger partial charge in [-0.15, -0.1) is 0 Å².